The number of benzene rings is 1. The molecule has 0 spiro atoms. The first kappa shape index (κ1) is 14.9. The number of hydrogen-bond acceptors (Lipinski definition) is 3. The predicted octanol–water partition coefficient (Wildman–Crippen LogP) is 1.84. The van der Waals surface area contributed by atoms with E-state index in [0.29, 0.717) is 12.8 Å². The van der Waals surface area contributed by atoms with Crippen molar-refractivity contribution in [2.75, 3.05) is 6.54 Å². The Morgan fingerprint density at radius 1 is 1.30 bits per heavy atom. The lowest BCUT2D eigenvalue weighted by molar-refractivity contribution is -0.141. The minimum absolute atomic E-state index is 0.149. The van der Waals surface area contributed by atoms with E-state index in [-0.39, 0.29) is 17.9 Å². The molecule has 0 amide bonds. The van der Waals surface area contributed by atoms with Gasteiger partial charge in [0.2, 0.25) is 10.0 Å². The molecule has 7 heteroatoms. The molecule has 1 saturated heterocycles. The number of sulfonamides is 1. The smallest absolute Gasteiger partial charge is 0.322 e. The number of carbonyl (C=O) groups is 1. The van der Waals surface area contributed by atoms with Crippen molar-refractivity contribution in [1.82, 2.24) is 4.31 Å². The molecule has 1 aliphatic rings. The molecule has 1 aromatic carbocycles. The van der Waals surface area contributed by atoms with Crippen LogP contribution in [0.15, 0.2) is 29.2 Å². The quantitative estimate of drug-likeness (QED) is 0.924. The minimum atomic E-state index is -3.99. The Morgan fingerprint density at radius 3 is 2.70 bits per heavy atom. The first-order valence-corrected chi connectivity index (χ1v) is 7.87. The van der Waals surface area contributed by atoms with Crippen LogP contribution in [0.3, 0.4) is 0 Å². The van der Waals surface area contributed by atoms with Crippen LogP contribution in [0.2, 0.25) is 0 Å². The maximum atomic E-state index is 13.2. The Bertz CT molecular complexity index is 602. The standard InChI is InChI=1S/C13H16FNO4S/c14-10-5-4-6-11(9-10)20(18,19)15-8-3-1-2-7-12(15)13(16)17/h4-6,9,12H,1-3,7-8H2,(H,16,17). The fraction of sp³-hybridized carbons (Fsp3) is 0.462. The Balaban J connectivity index is 2.42. The number of carboxylic acids is 1. The van der Waals surface area contributed by atoms with Crippen LogP contribution in [-0.2, 0) is 14.8 Å². The van der Waals surface area contributed by atoms with Gasteiger partial charge in [-0.2, -0.15) is 4.31 Å². The van der Waals surface area contributed by atoms with Crippen LogP contribution in [-0.4, -0.2) is 36.4 Å². The van der Waals surface area contributed by atoms with Gasteiger partial charge in [0.15, 0.2) is 0 Å². The number of nitrogens with zero attached hydrogens (tertiary/aromatic N) is 1. The van der Waals surface area contributed by atoms with Crippen molar-refractivity contribution in [2.24, 2.45) is 0 Å². The monoisotopic (exact) mass is 301 g/mol. The second kappa shape index (κ2) is 5.88. The predicted molar refractivity (Wildman–Crippen MR) is 70.2 cm³/mol. The summed E-state index contributed by atoms with van der Waals surface area (Å²) in [5.41, 5.74) is 0. The van der Waals surface area contributed by atoms with Crippen molar-refractivity contribution in [3.8, 4) is 0 Å². The van der Waals surface area contributed by atoms with Crippen LogP contribution >= 0.6 is 0 Å². The van der Waals surface area contributed by atoms with E-state index in [4.69, 9.17) is 0 Å². The van der Waals surface area contributed by atoms with Crippen molar-refractivity contribution >= 4 is 16.0 Å². The van der Waals surface area contributed by atoms with Gasteiger partial charge < -0.3 is 5.11 Å². The lowest BCUT2D eigenvalue weighted by atomic mass is 10.1. The fourth-order valence-corrected chi connectivity index (χ4v) is 4.06. The van der Waals surface area contributed by atoms with Crippen LogP contribution in [0.5, 0.6) is 0 Å². The number of carboxylic acid groups (broad SMARTS) is 1. The molecule has 0 saturated carbocycles. The molecule has 1 aliphatic heterocycles. The number of aliphatic carboxylic acids is 1. The van der Waals surface area contributed by atoms with Crippen molar-refractivity contribution in [3.63, 3.8) is 0 Å². The van der Waals surface area contributed by atoms with Crippen LogP contribution in [0.25, 0.3) is 0 Å². The van der Waals surface area contributed by atoms with E-state index >= 15 is 0 Å². The molecule has 2 rings (SSSR count). The summed E-state index contributed by atoms with van der Waals surface area (Å²) in [4.78, 5) is 11.1. The highest BCUT2D eigenvalue weighted by Crippen LogP contribution is 2.25. The second-order valence-electron chi connectivity index (χ2n) is 4.78. The molecule has 1 atom stereocenters. The third-order valence-electron chi connectivity index (χ3n) is 3.39. The maximum absolute atomic E-state index is 13.2. The molecule has 0 radical (unpaired) electrons. The third kappa shape index (κ3) is 2.99. The van der Waals surface area contributed by atoms with E-state index in [0.717, 1.165) is 22.9 Å². The van der Waals surface area contributed by atoms with Gasteiger partial charge in [0.25, 0.3) is 0 Å². The molecule has 5 nitrogen and oxygen atoms in total. The first-order valence-electron chi connectivity index (χ1n) is 6.43. The zero-order chi connectivity index (χ0) is 14.8. The largest absolute Gasteiger partial charge is 0.480 e. The molecule has 1 heterocycles. The van der Waals surface area contributed by atoms with Crippen LogP contribution in [0.4, 0.5) is 4.39 Å². The van der Waals surface area contributed by atoms with Crippen molar-refractivity contribution in [2.45, 2.75) is 36.6 Å². The lowest BCUT2D eigenvalue weighted by Gasteiger charge is -2.26. The molecule has 0 aliphatic carbocycles. The summed E-state index contributed by atoms with van der Waals surface area (Å²) in [5.74, 6) is -1.82. The Labute approximate surface area is 117 Å². The number of rotatable bonds is 3. The molecule has 1 aromatic rings. The molecule has 0 aromatic heterocycles. The zero-order valence-electron chi connectivity index (χ0n) is 10.8. The Morgan fingerprint density at radius 2 is 2.05 bits per heavy atom. The van der Waals surface area contributed by atoms with Gasteiger partial charge in [-0.25, -0.2) is 12.8 Å². The van der Waals surface area contributed by atoms with Gasteiger partial charge in [0.05, 0.1) is 4.90 Å². The topological polar surface area (TPSA) is 74.7 Å². The number of hydrogen-bond donors (Lipinski definition) is 1. The number of halogens is 1. The molecule has 0 bridgehead atoms. The summed E-state index contributed by atoms with van der Waals surface area (Å²) < 4.78 is 39.2. The molecular weight excluding hydrogens is 285 g/mol. The van der Waals surface area contributed by atoms with Crippen molar-refractivity contribution < 1.29 is 22.7 Å². The Kier molecular flexibility index (Phi) is 4.39. The molecule has 20 heavy (non-hydrogen) atoms. The highest BCUT2D eigenvalue weighted by molar-refractivity contribution is 7.89. The van der Waals surface area contributed by atoms with Crippen molar-refractivity contribution in [1.29, 1.82) is 0 Å². The summed E-state index contributed by atoms with van der Waals surface area (Å²) in [6.07, 6.45) is 2.35. The van der Waals surface area contributed by atoms with Crippen molar-refractivity contribution in [3.05, 3.63) is 30.1 Å². The molecule has 1 N–H and O–H groups in total. The highest BCUT2D eigenvalue weighted by atomic mass is 32.2. The van der Waals surface area contributed by atoms with Crippen LogP contribution in [0.1, 0.15) is 25.7 Å². The van der Waals surface area contributed by atoms with E-state index < -0.39 is 27.9 Å². The van der Waals surface area contributed by atoms with Crippen LogP contribution < -0.4 is 0 Å². The highest BCUT2D eigenvalue weighted by Gasteiger charge is 2.36. The van der Waals surface area contributed by atoms with E-state index in [1.165, 1.54) is 12.1 Å². The average molecular weight is 301 g/mol. The molecule has 1 unspecified atom stereocenters. The summed E-state index contributed by atoms with van der Waals surface area (Å²) >= 11 is 0. The minimum Gasteiger partial charge on any atom is -0.480 e. The zero-order valence-corrected chi connectivity index (χ0v) is 11.6. The van der Waals surface area contributed by atoms with Gasteiger partial charge in [0, 0.05) is 6.54 Å². The summed E-state index contributed by atoms with van der Waals surface area (Å²) in [7, 11) is -3.99. The molecule has 1 fully saturated rings. The van der Waals surface area contributed by atoms with E-state index in [9.17, 15) is 22.7 Å². The third-order valence-corrected chi connectivity index (χ3v) is 5.30. The Hall–Kier alpha value is -1.47. The average Bonchev–Trinajstić information content (AvgIpc) is 2.64. The van der Waals surface area contributed by atoms with Gasteiger partial charge in [-0.15, -0.1) is 0 Å². The van der Waals surface area contributed by atoms with Gasteiger partial charge in [-0.3, -0.25) is 4.79 Å². The second-order valence-corrected chi connectivity index (χ2v) is 6.67. The normalized spacial score (nSPS) is 21.4. The van der Waals surface area contributed by atoms with Gasteiger partial charge in [-0.05, 0) is 31.0 Å². The van der Waals surface area contributed by atoms with E-state index in [2.05, 4.69) is 0 Å². The lowest BCUT2D eigenvalue weighted by Crippen LogP contribution is -2.44. The van der Waals surface area contributed by atoms with Crippen LogP contribution in [0, 0.1) is 5.82 Å². The summed E-state index contributed by atoms with van der Waals surface area (Å²) in [6, 6.07) is 3.57. The van der Waals surface area contributed by atoms with Gasteiger partial charge in [-0.1, -0.05) is 18.9 Å². The first-order chi connectivity index (χ1) is 9.43. The van der Waals surface area contributed by atoms with E-state index in [1.54, 1.807) is 0 Å². The summed E-state index contributed by atoms with van der Waals surface area (Å²) in [6.45, 7) is 0.149. The maximum Gasteiger partial charge on any atom is 0.322 e. The molecular formula is C13H16FNO4S. The van der Waals surface area contributed by atoms with E-state index in [1.807, 2.05) is 0 Å². The molecule has 110 valence electrons. The van der Waals surface area contributed by atoms with Gasteiger partial charge in [0.1, 0.15) is 11.9 Å². The fourth-order valence-electron chi connectivity index (χ4n) is 2.38. The summed E-state index contributed by atoms with van der Waals surface area (Å²) in [5, 5.41) is 9.22. The van der Waals surface area contributed by atoms with Gasteiger partial charge >= 0.3 is 5.97 Å². The SMILES string of the molecule is O=C(O)C1CCCCCN1S(=O)(=O)c1cccc(F)c1.